The van der Waals surface area contributed by atoms with Gasteiger partial charge in [-0.1, -0.05) is 39.0 Å². The summed E-state index contributed by atoms with van der Waals surface area (Å²) < 4.78 is 34.2. The lowest BCUT2D eigenvalue weighted by molar-refractivity contribution is -0.295. The quantitative estimate of drug-likeness (QED) is 0.412. The molecule has 7 nitrogen and oxygen atoms in total. The maximum Gasteiger partial charge on any atom is 0.186 e. The van der Waals surface area contributed by atoms with Crippen LogP contribution < -0.4 is 0 Å². The predicted octanol–water partition coefficient (Wildman–Crippen LogP) is 3.60. The average Bonchev–Trinajstić information content (AvgIpc) is 3.63. The van der Waals surface area contributed by atoms with Crippen LogP contribution in [-0.4, -0.2) is 83.6 Å². The zero-order valence-electron chi connectivity index (χ0n) is 21.9. The van der Waals surface area contributed by atoms with Gasteiger partial charge in [0.15, 0.2) is 6.29 Å². The molecular formula is C26H46O7. The molecule has 0 aromatic heterocycles. The van der Waals surface area contributed by atoms with Gasteiger partial charge in [0.1, 0.15) is 24.4 Å². The Bertz CT molecular complexity index is 632. The number of hydrogen-bond acceptors (Lipinski definition) is 7. The molecule has 0 bridgehead atoms. The highest BCUT2D eigenvalue weighted by atomic mass is 16.7. The van der Waals surface area contributed by atoms with Gasteiger partial charge in [-0.15, -0.1) is 0 Å². The largest absolute Gasteiger partial charge is 0.392 e. The molecule has 0 aromatic carbocycles. The van der Waals surface area contributed by atoms with E-state index in [2.05, 4.69) is 26.8 Å². The molecule has 1 heterocycles. The number of ether oxygens (including phenoxy) is 6. The highest BCUT2D eigenvalue weighted by Gasteiger charge is 2.49. The Morgan fingerprint density at radius 1 is 0.970 bits per heavy atom. The molecular weight excluding hydrogens is 424 g/mol. The lowest BCUT2D eigenvalue weighted by atomic mass is 9.91. The molecule has 0 aromatic rings. The third kappa shape index (κ3) is 6.66. The monoisotopic (exact) mass is 470 g/mol. The Balaban J connectivity index is 2.02. The van der Waals surface area contributed by atoms with E-state index >= 15 is 0 Å². The molecule has 1 aliphatic carbocycles. The Labute approximate surface area is 200 Å². The maximum absolute atomic E-state index is 10.9. The van der Waals surface area contributed by atoms with Gasteiger partial charge in [-0.3, -0.25) is 0 Å². The Kier molecular flexibility index (Phi) is 11.5. The first kappa shape index (κ1) is 28.4. The summed E-state index contributed by atoms with van der Waals surface area (Å²) in [5, 5.41) is 10.9. The van der Waals surface area contributed by atoms with Crippen molar-refractivity contribution in [2.75, 3.05) is 35.5 Å². The van der Waals surface area contributed by atoms with Gasteiger partial charge in [-0.05, 0) is 43.1 Å². The Morgan fingerprint density at radius 2 is 1.61 bits per heavy atom. The van der Waals surface area contributed by atoms with Crippen LogP contribution in [0.3, 0.4) is 0 Å². The van der Waals surface area contributed by atoms with E-state index in [1.807, 2.05) is 19.1 Å². The van der Waals surface area contributed by atoms with Crippen molar-refractivity contribution in [3.8, 4) is 0 Å². The molecule has 2 rings (SSSR count). The van der Waals surface area contributed by atoms with Gasteiger partial charge in [0.2, 0.25) is 0 Å². The second kappa shape index (κ2) is 13.3. The normalized spacial score (nSPS) is 36.5. The van der Waals surface area contributed by atoms with Crippen molar-refractivity contribution in [2.45, 2.75) is 83.5 Å². The zero-order valence-corrected chi connectivity index (χ0v) is 21.9. The highest BCUT2D eigenvalue weighted by Crippen LogP contribution is 2.49. The fourth-order valence-corrected chi connectivity index (χ4v) is 5.38. The van der Waals surface area contributed by atoms with Crippen molar-refractivity contribution in [2.24, 2.45) is 23.7 Å². The topological polar surface area (TPSA) is 75.6 Å². The predicted molar refractivity (Wildman–Crippen MR) is 128 cm³/mol. The summed E-state index contributed by atoms with van der Waals surface area (Å²) in [7, 11) is 8.27. The van der Waals surface area contributed by atoms with Gasteiger partial charge in [-0.2, -0.15) is 0 Å². The summed E-state index contributed by atoms with van der Waals surface area (Å²) in [6.45, 7) is 8.47. The Hall–Kier alpha value is -0.800. The minimum atomic E-state index is -0.558. The van der Waals surface area contributed by atoms with Gasteiger partial charge in [-0.25, -0.2) is 0 Å². The molecule has 11 atom stereocenters. The third-order valence-electron chi connectivity index (χ3n) is 7.60. The van der Waals surface area contributed by atoms with Crippen LogP contribution in [-0.2, 0) is 28.4 Å². The van der Waals surface area contributed by atoms with Gasteiger partial charge in [0.05, 0.1) is 12.2 Å². The second-order valence-electron chi connectivity index (χ2n) is 9.51. The number of aliphatic hydroxyl groups excluding tert-OH is 1. The summed E-state index contributed by atoms with van der Waals surface area (Å²) in [5.41, 5.74) is 0.988. The van der Waals surface area contributed by atoms with E-state index in [-0.39, 0.29) is 42.5 Å². The van der Waals surface area contributed by atoms with Crippen molar-refractivity contribution >= 4 is 0 Å². The van der Waals surface area contributed by atoms with Crippen molar-refractivity contribution in [3.05, 3.63) is 23.8 Å². The molecule has 2 aliphatic rings. The summed E-state index contributed by atoms with van der Waals surface area (Å²) in [6, 6.07) is 0. The van der Waals surface area contributed by atoms with Crippen LogP contribution in [0.25, 0.3) is 0 Å². The zero-order chi connectivity index (χ0) is 24.7. The van der Waals surface area contributed by atoms with E-state index < -0.39 is 6.29 Å². The molecule has 33 heavy (non-hydrogen) atoms. The first-order chi connectivity index (χ1) is 15.8. The fraction of sp³-hybridized carbons (Fsp3) is 0.846. The molecule has 0 amide bonds. The second-order valence-corrected chi connectivity index (χ2v) is 9.51. The summed E-state index contributed by atoms with van der Waals surface area (Å²) >= 11 is 0. The molecule has 7 heteroatoms. The smallest absolute Gasteiger partial charge is 0.186 e. The fourth-order valence-electron chi connectivity index (χ4n) is 5.38. The van der Waals surface area contributed by atoms with E-state index in [9.17, 15) is 5.11 Å². The molecule has 0 radical (unpaired) electrons. The van der Waals surface area contributed by atoms with Crippen LogP contribution in [0, 0.1) is 23.7 Å². The van der Waals surface area contributed by atoms with Crippen LogP contribution in [0.4, 0.5) is 0 Å². The Morgan fingerprint density at radius 3 is 2.12 bits per heavy atom. The molecule has 2 fully saturated rings. The molecule has 1 saturated heterocycles. The molecule has 0 spiro atoms. The summed E-state index contributed by atoms with van der Waals surface area (Å²) in [5.74, 6) is 1.39. The number of allylic oxidation sites excluding steroid dienone is 2. The van der Waals surface area contributed by atoms with Crippen LogP contribution in [0.15, 0.2) is 23.8 Å². The van der Waals surface area contributed by atoms with Crippen molar-refractivity contribution < 1.29 is 33.5 Å². The molecule has 0 unspecified atom stereocenters. The minimum absolute atomic E-state index is 0.0562. The lowest BCUT2D eigenvalue weighted by Crippen LogP contribution is -2.60. The van der Waals surface area contributed by atoms with E-state index in [4.69, 9.17) is 28.4 Å². The van der Waals surface area contributed by atoms with E-state index in [1.165, 1.54) is 0 Å². The molecule has 1 aliphatic heterocycles. The SMILES string of the molecule is CC[C@H](OC)[C@@H](C)[C@@H]1C[C@H]1[C@H](O)[C@@H](C)/C=C/C=C(\C)[C@H]1O[C@H](OC)[C@@H](OC)[C@@H](OC)[C@@H]1OC. The van der Waals surface area contributed by atoms with E-state index in [0.717, 1.165) is 18.4 Å². The van der Waals surface area contributed by atoms with Gasteiger partial charge in [0.25, 0.3) is 0 Å². The number of aliphatic hydroxyl groups is 1. The maximum atomic E-state index is 10.9. The van der Waals surface area contributed by atoms with Gasteiger partial charge in [0, 0.05) is 41.5 Å². The van der Waals surface area contributed by atoms with Crippen molar-refractivity contribution in [1.29, 1.82) is 0 Å². The van der Waals surface area contributed by atoms with E-state index in [0.29, 0.717) is 17.8 Å². The first-order valence-corrected chi connectivity index (χ1v) is 12.1. The van der Waals surface area contributed by atoms with Crippen molar-refractivity contribution in [3.63, 3.8) is 0 Å². The highest BCUT2D eigenvalue weighted by molar-refractivity contribution is 5.19. The first-order valence-electron chi connectivity index (χ1n) is 12.1. The summed E-state index contributed by atoms with van der Waals surface area (Å²) in [6.07, 6.45) is 6.10. The number of methoxy groups -OCH3 is 5. The third-order valence-corrected chi connectivity index (χ3v) is 7.60. The van der Waals surface area contributed by atoms with Crippen molar-refractivity contribution in [1.82, 2.24) is 0 Å². The minimum Gasteiger partial charge on any atom is -0.392 e. The van der Waals surface area contributed by atoms with E-state index in [1.54, 1.807) is 35.5 Å². The van der Waals surface area contributed by atoms with Crippen LogP contribution >= 0.6 is 0 Å². The van der Waals surface area contributed by atoms with Crippen LogP contribution in [0.2, 0.25) is 0 Å². The molecule has 1 N–H and O–H groups in total. The number of hydrogen-bond donors (Lipinski definition) is 1. The average molecular weight is 471 g/mol. The molecule has 1 saturated carbocycles. The molecule has 192 valence electrons. The lowest BCUT2D eigenvalue weighted by Gasteiger charge is -2.44. The van der Waals surface area contributed by atoms with Gasteiger partial charge >= 0.3 is 0 Å². The summed E-state index contributed by atoms with van der Waals surface area (Å²) in [4.78, 5) is 0. The van der Waals surface area contributed by atoms with Crippen LogP contribution in [0.5, 0.6) is 0 Å². The van der Waals surface area contributed by atoms with Crippen LogP contribution in [0.1, 0.15) is 40.5 Å². The van der Waals surface area contributed by atoms with Gasteiger partial charge < -0.3 is 33.5 Å². The standard InChI is InChI=1S/C26H46O7/c1-10-20(28-5)17(4)18-14-19(18)21(27)15(2)12-11-13-16(3)22-23(29-6)24(30-7)25(31-8)26(32-9)33-22/h11-13,15,17-27H,10,14H2,1-9H3/b12-11+,16-13+/t15-,17-,18-,19+,20-,21+,22+,23+,24-,25-,26-/m0/s1. The number of rotatable bonds is 13.